The zero-order chi connectivity index (χ0) is 9.59. The molecule has 2 aliphatic heterocycles. The minimum atomic E-state index is -1.45. The van der Waals surface area contributed by atoms with Gasteiger partial charge in [0.1, 0.15) is 12.2 Å². The number of amides is 1. The van der Waals surface area contributed by atoms with Gasteiger partial charge in [-0.3, -0.25) is 4.79 Å². The molecule has 13 heavy (non-hydrogen) atoms. The molecule has 2 rings (SSSR count). The molecule has 2 heterocycles. The van der Waals surface area contributed by atoms with Crippen LogP contribution in [0.4, 0.5) is 0 Å². The lowest BCUT2D eigenvalue weighted by atomic mass is 9.94. The molecule has 0 unspecified atom stereocenters. The molecule has 0 bridgehead atoms. The third-order valence-electron chi connectivity index (χ3n) is 2.90. The molecule has 0 aromatic carbocycles. The van der Waals surface area contributed by atoms with Crippen LogP contribution in [0, 0.1) is 0 Å². The van der Waals surface area contributed by atoms with Crippen LogP contribution in [-0.4, -0.2) is 57.0 Å². The van der Waals surface area contributed by atoms with Gasteiger partial charge in [0.25, 0.3) is 5.91 Å². The molecule has 2 fully saturated rings. The van der Waals surface area contributed by atoms with E-state index in [1.807, 2.05) is 0 Å². The Bertz CT molecular complexity index is 232. The molecule has 0 aromatic heterocycles. The predicted molar refractivity (Wildman–Crippen MR) is 42.8 cm³/mol. The second-order valence-corrected chi connectivity index (χ2v) is 3.67. The first-order chi connectivity index (χ1) is 6.13. The van der Waals surface area contributed by atoms with Crippen LogP contribution in [0.15, 0.2) is 0 Å². The fourth-order valence-corrected chi connectivity index (χ4v) is 2.15. The Balaban J connectivity index is 2.24. The highest BCUT2D eigenvalue weighted by molar-refractivity contribution is 5.83. The van der Waals surface area contributed by atoms with E-state index >= 15 is 0 Å². The van der Waals surface area contributed by atoms with E-state index in [4.69, 9.17) is 0 Å². The second kappa shape index (κ2) is 2.94. The number of hydrogen-bond donors (Lipinski definition) is 3. The second-order valence-electron chi connectivity index (χ2n) is 3.67. The van der Waals surface area contributed by atoms with Crippen LogP contribution < -0.4 is 0 Å². The Morgan fingerprint density at radius 1 is 1.23 bits per heavy atom. The largest absolute Gasteiger partial charge is 0.388 e. The molecular formula is C8H13NO4. The summed E-state index contributed by atoms with van der Waals surface area (Å²) in [5.41, 5.74) is 0. The van der Waals surface area contributed by atoms with Crippen LogP contribution in [0.3, 0.4) is 0 Å². The monoisotopic (exact) mass is 187 g/mol. The molecule has 3 N–H and O–H groups in total. The van der Waals surface area contributed by atoms with Gasteiger partial charge in [0.15, 0.2) is 6.10 Å². The Morgan fingerprint density at radius 3 is 2.62 bits per heavy atom. The van der Waals surface area contributed by atoms with Gasteiger partial charge >= 0.3 is 0 Å². The van der Waals surface area contributed by atoms with Crippen molar-refractivity contribution in [1.29, 1.82) is 0 Å². The summed E-state index contributed by atoms with van der Waals surface area (Å²) in [7, 11) is 0. The maximum absolute atomic E-state index is 11.4. The number of aliphatic hydroxyl groups excluding tert-OH is 3. The van der Waals surface area contributed by atoms with Gasteiger partial charge in [-0.05, 0) is 12.8 Å². The van der Waals surface area contributed by atoms with Crippen molar-refractivity contribution in [3.05, 3.63) is 0 Å². The van der Waals surface area contributed by atoms with Gasteiger partial charge in [0.2, 0.25) is 0 Å². The first-order valence-electron chi connectivity index (χ1n) is 4.47. The van der Waals surface area contributed by atoms with Crippen molar-refractivity contribution in [3.8, 4) is 0 Å². The number of piperidine rings is 1. The Kier molecular flexibility index (Phi) is 2.02. The maximum atomic E-state index is 11.4. The van der Waals surface area contributed by atoms with Gasteiger partial charge in [0, 0.05) is 6.54 Å². The first kappa shape index (κ1) is 8.93. The van der Waals surface area contributed by atoms with E-state index in [9.17, 15) is 20.1 Å². The van der Waals surface area contributed by atoms with E-state index in [1.54, 1.807) is 0 Å². The molecule has 0 aliphatic carbocycles. The molecule has 5 heteroatoms. The molecular weight excluding hydrogens is 174 g/mol. The molecule has 74 valence electrons. The molecule has 1 amide bonds. The number of fused-ring (bicyclic) bond motifs is 1. The van der Waals surface area contributed by atoms with Gasteiger partial charge in [0.05, 0.1) is 6.04 Å². The summed E-state index contributed by atoms with van der Waals surface area (Å²) >= 11 is 0. The lowest BCUT2D eigenvalue weighted by molar-refractivity contribution is -0.171. The van der Waals surface area contributed by atoms with Crippen LogP contribution in [0.1, 0.15) is 12.8 Å². The van der Waals surface area contributed by atoms with E-state index in [-0.39, 0.29) is 6.04 Å². The summed E-state index contributed by atoms with van der Waals surface area (Å²) in [4.78, 5) is 12.8. The number of nitrogens with zero attached hydrogens (tertiary/aromatic N) is 1. The van der Waals surface area contributed by atoms with Crippen LogP contribution in [0.2, 0.25) is 0 Å². The lowest BCUT2D eigenvalue weighted by Crippen LogP contribution is -2.62. The van der Waals surface area contributed by atoms with Crippen molar-refractivity contribution in [2.75, 3.05) is 6.54 Å². The molecule has 0 radical (unpaired) electrons. The van der Waals surface area contributed by atoms with Gasteiger partial charge in [-0.15, -0.1) is 0 Å². The third-order valence-corrected chi connectivity index (χ3v) is 2.90. The number of hydrogen-bond acceptors (Lipinski definition) is 4. The van der Waals surface area contributed by atoms with Crippen LogP contribution in [0.25, 0.3) is 0 Å². The van der Waals surface area contributed by atoms with Crippen LogP contribution in [0.5, 0.6) is 0 Å². The van der Waals surface area contributed by atoms with Gasteiger partial charge in [-0.25, -0.2) is 0 Å². The Hall–Kier alpha value is -0.650. The summed E-state index contributed by atoms with van der Waals surface area (Å²) in [5.74, 6) is -0.458. The van der Waals surface area contributed by atoms with E-state index in [0.29, 0.717) is 13.0 Å². The zero-order valence-electron chi connectivity index (χ0n) is 7.13. The average molecular weight is 187 g/mol. The Morgan fingerprint density at radius 2 is 1.92 bits per heavy atom. The Labute approximate surface area is 75.6 Å². The van der Waals surface area contributed by atoms with Gasteiger partial charge < -0.3 is 20.2 Å². The van der Waals surface area contributed by atoms with Gasteiger partial charge in [-0.2, -0.15) is 0 Å². The third kappa shape index (κ3) is 1.15. The number of carbonyl (C=O) groups excluding carboxylic acids is 1. The van der Waals surface area contributed by atoms with Crippen molar-refractivity contribution >= 4 is 5.91 Å². The lowest BCUT2D eigenvalue weighted by Gasteiger charge is -2.39. The summed E-state index contributed by atoms with van der Waals surface area (Å²) in [6.07, 6.45) is -2.25. The van der Waals surface area contributed by atoms with Crippen molar-refractivity contribution in [2.24, 2.45) is 0 Å². The fourth-order valence-electron chi connectivity index (χ4n) is 2.15. The molecule has 4 atom stereocenters. The zero-order valence-corrected chi connectivity index (χ0v) is 7.13. The van der Waals surface area contributed by atoms with Gasteiger partial charge in [-0.1, -0.05) is 0 Å². The normalized spacial score (nSPS) is 45.2. The first-order valence-corrected chi connectivity index (χ1v) is 4.47. The van der Waals surface area contributed by atoms with Crippen molar-refractivity contribution in [3.63, 3.8) is 0 Å². The fraction of sp³-hybridized carbons (Fsp3) is 0.875. The molecule has 2 saturated heterocycles. The summed E-state index contributed by atoms with van der Waals surface area (Å²) in [6.45, 7) is 0.574. The quantitative estimate of drug-likeness (QED) is 0.412. The van der Waals surface area contributed by atoms with E-state index in [1.165, 1.54) is 4.90 Å². The predicted octanol–water partition coefficient (Wildman–Crippen LogP) is -1.93. The van der Waals surface area contributed by atoms with Crippen LogP contribution in [-0.2, 0) is 4.79 Å². The summed E-state index contributed by atoms with van der Waals surface area (Å²) < 4.78 is 0. The highest BCUT2D eigenvalue weighted by atomic mass is 16.4. The molecule has 2 aliphatic rings. The molecule has 5 nitrogen and oxygen atoms in total. The molecule has 0 spiro atoms. The van der Waals surface area contributed by atoms with Crippen molar-refractivity contribution in [1.82, 2.24) is 4.90 Å². The summed E-state index contributed by atoms with van der Waals surface area (Å²) in [6, 6.07) is -0.300. The minimum absolute atomic E-state index is 0.300. The average Bonchev–Trinajstić information content (AvgIpc) is 2.59. The highest BCUT2D eigenvalue weighted by Crippen LogP contribution is 2.28. The number of aliphatic hydroxyl groups is 3. The summed E-state index contributed by atoms with van der Waals surface area (Å²) in [5, 5.41) is 28.1. The smallest absolute Gasteiger partial charge is 0.254 e. The minimum Gasteiger partial charge on any atom is -0.388 e. The highest BCUT2D eigenvalue weighted by Gasteiger charge is 2.48. The standard InChI is InChI=1S/C8H13NO4/c10-5-4-2-1-3-9(4)8(13)7(12)6(5)11/h4-7,10-12H,1-3H2/t4-,5-,6+,7+/m0/s1. The van der Waals surface area contributed by atoms with E-state index in [2.05, 4.69) is 0 Å². The van der Waals surface area contributed by atoms with E-state index < -0.39 is 24.2 Å². The maximum Gasteiger partial charge on any atom is 0.254 e. The van der Waals surface area contributed by atoms with Crippen molar-refractivity contribution < 1.29 is 20.1 Å². The number of rotatable bonds is 0. The SMILES string of the molecule is O=C1[C@H](O)[C@H](O)[C@@H](O)[C@@H]2CCCN12. The molecule has 0 saturated carbocycles. The molecule has 0 aromatic rings. The van der Waals surface area contributed by atoms with Crippen LogP contribution >= 0.6 is 0 Å². The number of carbonyl (C=O) groups is 1. The van der Waals surface area contributed by atoms with E-state index in [0.717, 1.165) is 6.42 Å². The topological polar surface area (TPSA) is 81.0 Å². The van der Waals surface area contributed by atoms with Crippen molar-refractivity contribution in [2.45, 2.75) is 37.2 Å².